The van der Waals surface area contributed by atoms with Crippen LogP contribution in [-0.2, 0) is 0 Å². The van der Waals surface area contributed by atoms with Crippen molar-refractivity contribution >= 4 is 22.6 Å². The molecule has 6 nitrogen and oxygen atoms in total. The smallest absolute Gasteiger partial charge is 0.272 e. The van der Waals surface area contributed by atoms with Crippen LogP contribution in [0.5, 0.6) is 0 Å². The first-order chi connectivity index (χ1) is 12.2. The lowest BCUT2D eigenvalue weighted by Crippen LogP contribution is -2.32. The molecule has 6 heteroatoms. The zero-order valence-corrected chi connectivity index (χ0v) is 14.0. The summed E-state index contributed by atoms with van der Waals surface area (Å²) in [5, 5.41) is 4.54. The Hall–Kier alpha value is -3.02. The second-order valence-corrected chi connectivity index (χ2v) is 6.29. The van der Waals surface area contributed by atoms with Gasteiger partial charge in [-0.25, -0.2) is 9.97 Å². The molecule has 1 aromatic carbocycles. The molecule has 126 valence electrons. The third-order valence-corrected chi connectivity index (χ3v) is 4.57. The van der Waals surface area contributed by atoms with Gasteiger partial charge in [0, 0.05) is 30.7 Å². The summed E-state index contributed by atoms with van der Waals surface area (Å²) in [6.07, 6.45) is 4.11. The number of benzene rings is 1. The van der Waals surface area contributed by atoms with Crippen LogP contribution >= 0.6 is 0 Å². The lowest BCUT2D eigenvalue weighted by atomic mass is 10.1. The monoisotopic (exact) mass is 333 g/mol. The molecule has 1 unspecified atom stereocenters. The van der Waals surface area contributed by atoms with Gasteiger partial charge in [-0.1, -0.05) is 18.2 Å². The van der Waals surface area contributed by atoms with Gasteiger partial charge in [0.05, 0.1) is 5.52 Å². The van der Waals surface area contributed by atoms with E-state index >= 15 is 0 Å². The van der Waals surface area contributed by atoms with Gasteiger partial charge in [-0.05, 0) is 37.1 Å². The van der Waals surface area contributed by atoms with E-state index in [1.165, 1.54) is 0 Å². The largest absolute Gasteiger partial charge is 0.365 e. The molecule has 1 aliphatic heterocycles. The predicted molar refractivity (Wildman–Crippen MR) is 96.4 cm³/mol. The van der Waals surface area contributed by atoms with E-state index in [2.05, 4.69) is 33.3 Å². The number of aryl methyl sites for hydroxylation is 1. The average molecular weight is 333 g/mol. The lowest BCUT2D eigenvalue weighted by Gasteiger charge is -2.18. The summed E-state index contributed by atoms with van der Waals surface area (Å²) in [6, 6.07) is 11.6. The number of anilines is 1. The van der Waals surface area contributed by atoms with Crippen molar-refractivity contribution in [1.82, 2.24) is 19.9 Å². The van der Waals surface area contributed by atoms with Crippen molar-refractivity contribution in [1.29, 1.82) is 0 Å². The first-order valence-electron chi connectivity index (χ1n) is 8.39. The molecule has 1 atom stereocenters. The lowest BCUT2D eigenvalue weighted by molar-refractivity contribution is 0.0786. The molecule has 4 rings (SSSR count). The highest BCUT2D eigenvalue weighted by Gasteiger charge is 2.28. The second kappa shape index (κ2) is 6.47. The van der Waals surface area contributed by atoms with Gasteiger partial charge in [0.1, 0.15) is 17.8 Å². The molecule has 1 fully saturated rings. The SMILES string of the molecule is Cc1cccc2ncnc(NC3CCN(C(=O)c4ccccn4)C3)c12. The predicted octanol–water partition coefficient (Wildman–Crippen LogP) is 2.66. The number of hydrogen-bond donors (Lipinski definition) is 1. The molecule has 1 N–H and O–H groups in total. The number of hydrogen-bond acceptors (Lipinski definition) is 5. The van der Waals surface area contributed by atoms with Gasteiger partial charge < -0.3 is 10.2 Å². The normalized spacial score (nSPS) is 17.0. The van der Waals surface area contributed by atoms with Crippen LogP contribution in [-0.4, -0.2) is 44.9 Å². The molecule has 0 saturated carbocycles. The Bertz CT molecular complexity index is 907. The molecule has 0 spiro atoms. The molecule has 1 saturated heterocycles. The Kier molecular flexibility index (Phi) is 4.01. The van der Waals surface area contributed by atoms with Crippen molar-refractivity contribution in [3.8, 4) is 0 Å². The van der Waals surface area contributed by atoms with Crippen LogP contribution in [0.1, 0.15) is 22.5 Å². The van der Waals surface area contributed by atoms with Gasteiger partial charge >= 0.3 is 0 Å². The van der Waals surface area contributed by atoms with Gasteiger partial charge in [0.15, 0.2) is 0 Å². The fourth-order valence-electron chi connectivity index (χ4n) is 3.30. The van der Waals surface area contributed by atoms with Crippen LogP contribution in [0.25, 0.3) is 10.9 Å². The Morgan fingerprint density at radius 2 is 2.08 bits per heavy atom. The molecule has 1 amide bonds. The molecule has 2 aromatic heterocycles. The van der Waals surface area contributed by atoms with E-state index in [1.807, 2.05) is 29.2 Å². The Morgan fingerprint density at radius 1 is 1.16 bits per heavy atom. The number of aromatic nitrogens is 3. The van der Waals surface area contributed by atoms with Crippen LogP contribution in [0, 0.1) is 6.92 Å². The highest BCUT2D eigenvalue weighted by molar-refractivity contribution is 5.93. The van der Waals surface area contributed by atoms with Crippen LogP contribution in [0.3, 0.4) is 0 Å². The number of carbonyl (C=O) groups is 1. The van der Waals surface area contributed by atoms with Gasteiger partial charge in [0.25, 0.3) is 5.91 Å². The molecule has 3 aromatic rings. The molecule has 1 aliphatic rings. The standard InChI is InChI=1S/C19H19N5O/c1-13-5-4-7-15-17(13)18(22-12-21-15)23-14-8-10-24(11-14)19(25)16-6-2-3-9-20-16/h2-7,9,12,14H,8,10-11H2,1H3,(H,21,22,23). The zero-order chi connectivity index (χ0) is 17.2. The van der Waals surface area contributed by atoms with Crippen molar-refractivity contribution in [2.75, 3.05) is 18.4 Å². The number of nitrogens with zero attached hydrogens (tertiary/aromatic N) is 4. The van der Waals surface area contributed by atoms with Gasteiger partial charge in [-0.15, -0.1) is 0 Å². The minimum absolute atomic E-state index is 0.0198. The summed E-state index contributed by atoms with van der Waals surface area (Å²) in [4.78, 5) is 27.3. The van der Waals surface area contributed by atoms with Gasteiger partial charge in [0.2, 0.25) is 0 Å². The summed E-state index contributed by atoms with van der Waals surface area (Å²) in [5.41, 5.74) is 2.56. The molecule has 0 bridgehead atoms. The summed E-state index contributed by atoms with van der Waals surface area (Å²) in [7, 11) is 0. The third-order valence-electron chi connectivity index (χ3n) is 4.57. The van der Waals surface area contributed by atoms with E-state index in [0.29, 0.717) is 12.2 Å². The first kappa shape index (κ1) is 15.5. The molecule has 25 heavy (non-hydrogen) atoms. The van der Waals surface area contributed by atoms with Gasteiger partial charge in [-0.3, -0.25) is 9.78 Å². The van der Waals surface area contributed by atoms with Crippen LogP contribution < -0.4 is 5.32 Å². The number of nitrogens with one attached hydrogen (secondary N) is 1. The summed E-state index contributed by atoms with van der Waals surface area (Å²) in [5.74, 6) is 0.814. The summed E-state index contributed by atoms with van der Waals surface area (Å²) >= 11 is 0. The maximum absolute atomic E-state index is 12.5. The summed E-state index contributed by atoms with van der Waals surface area (Å²) < 4.78 is 0. The highest BCUT2D eigenvalue weighted by Crippen LogP contribution is 2.25. The highest BCUT2D eigenvalue weighted by atomic mass is 16.2. The number of likely N-dealkylation sites (tertiary alicyclic amines) is 1. The Morgan fingerprint density at radius 3 is 2.92 bits per heavy atom. The average Bonchev–Trinajstić information content (AvgIpc) is 3.11. The minimum atomic E-state index is -0.0198. The van der Waals surface area contributed by atoms with Crippen LogP contribution in [0.4, 0.5) is 5.82 Å². The fourth-order valence-corrected chi connectivity index (χ4v) is 3.30. The van der Waals surface area contributed by atoms with E-state index in [9.17, 15) is 4.79 Å². The van der Waals surface area contributed by atoms with E-state index in [-0.39, 0.29) is 11.9 Å². The van der Waals surface area contributed by atoms with E-state index in [1.54, 1.807) is 18.6 Å². The maximum Gasteiger partial charge on any atom is 0.272 e. The van der Waals surface area contributed by atoms with Crippen molar-refractivity contribution < 1.29 is 4.79 Å². The molecule has 0 radical (unpaired) electrons. The van der Waals surface area contributed by atoms with E-state index < -0.39 is 0 Å². The topological polar surface area (TPSA) is 71.0 Å². The van der Waals surface area contributed by atoms with Crippen molar-refractivity contribution in [2.45, 2.75) is 19.4 Å². The number of rotatable bonds is 3. The number of carbonyl (C=O) groups excluding carboxylic acids is 1. The maximum atomic E-state index is 12.5. The minimum Gasteiger partial charge on any atom is -0.365 e. The fraction of sp³-hybridized carbons (Fsp3) is 0.263. The van der Waals surface area contributed by atoms with Crippen molar-refractivity contribution in [3.05, 3.63) is 60.2 Å². The zero-order valence-electron chi connectivity index (χ0n) is 14.0. The quantitative estimate of drug-likeness (QED) is 0.798. The number of pyridine rings is 1. The van der Waals surface area contributed by atoms with E-state index in [4.69, 9.17) is 0 Å². The number of fused-ring (bicyclic) bond motifs is 1. The third kappa shape index (κ3) is 3.03. The van der Waals surface area contributed by atoms with Crippen LogP contribution in [0.15, 0.2) is 48.9 Å². The van der Waals surface area contributed by atoms with Crippen LogP contribution in [0.2, 0.25) is 0 Å². The summed E-state index contributed by atoms with van der Waals surface area (Å²) in [6.45, 7) is 3.42. The van der Waals surface area contributed by atoms with E-state index in [0.717, 1.165) is 35.2 Å². The molecular formula is C19H19N5O. The van der Waals surface area contributed by atoms with Crippen molar-refractivity contribution in [2.24, 2.45) is 0 Å². The Labute approximate surface area is 145 Å². The van der Waals surface area contributed by atoms with Crippen molar-refractivity contribution in [3.63, 3.8) is 0 Å². The molecule has 3 heterocycles. The second-order valence-electron chi connectivity index (χ2n) is 6.29. The molecular weight excluding hydrogens is 314 g/mol. The van der Waals surface area contributed by atoms with Gasteiger partial charge in [-0.2, -0.15) is 0 Å². The Balaban J connectivity index is 1.51. The first-order valence-corrected chi connectivity index (χ1v) is 8.39. The molecule has 0 aliphatic carbocycles. The number of amides is 1.